The minimum atomic E-state index is -0.423. The topological polar surface area (TPSA) is 115 Å². The van der Waals surface area contributed by atoms with Crippen molar-refractivity contribution in [3.63, 3.8) is 0 Å². The second kappa shape index (κ2) is 12.8. The molecule has 9 nitrogen and oxygen atoms in total. The van der Waals surface area contributed by atoms with Gasteiger partial charge in [0.05, 0.1) is 25.5 Å². The molecule has 36 heavy (non-hydrogen) atoms. The molecule has 9 heteroatoms. The Morgan fingerprint density at radius 1 is 0.806 bits per heavy atom. The fraction of sp³-hybridized carbons (Fsp3) is 0.222. The fourth-order valence-electron chi connectivity index (χ4n) is 3.26. The number of anilines is 2. The third-order valence-electron chi connectivity index (χ3n) is 5.11. The molecule has 0 saturated carbocycles. The number of carbonyl (C=O) groups excluding carboxylic acids is 3. The third kappa shape index (κ3) is 6.99. The van der Waals surface area contributed by atoms with E-state index in [1.165, 1.54) is 13.2 Å². The molecule has 0 atom stereocenters. The zero-order chi connectivity index (χ0) is 25.9. The molecule has 188 valence electrons. The Morgan fingerprint density at radius 2 is 1.56 bits per heavy atom. The van der Waals surface area contributed by atoms with Crippen LogP contribution in [0.25, 0.3) is 0 Å². The van der Waals surface area contributed by atoms with Crippen molar-refractivity contribution < 1.29 is 28.6 Å². The lowest BCUT2D eigenvalue weighted by atomic mass is 10.1. The largest absolute Gasteiger partial charge is 0.497 e. The Balaban J connectivity index is 1.64. The minimum absolute atomic E-state index is 0.256. The monoisotopic (exact) mass is 491 g/mol. The van der Waals surface area contributed by atoms with Gasteiger partial charge in [-0.2, -0.15) is 0 Å². The summed E-state index contributed by atoms with van der Waals surface area (Å²) in [5.41, 5.74) is 1.66. The third-order valence-corrected chi connectivity index (χ3v) is 5.11. The van der Waals surface area contributed by atoms with Crippen molar-refractivity contribution in [1.29, 1.82) is 0 Å². The molecule has 0 aromatic heterocycles. The number of methoxy groups -OCH3 is 2. The van der Waals surface area contributed by atoms with Crippen LogP contribution in [0, 0.1) is 0 Å². The van der Waals surface area contributed by atoms with Gasteiger partial charge in [0.2, 0.25) is 0 Å². The van der Waals surface area contributed by atoms with Crippen molar-refractivity contribution in [3.8, 4) is 17.2 Å². The maximum atomic E-state index is 12.9. The summed E-state index contributed by atoms with van der Waals surface area (Å²) in [6, 6.07) is 18.3. The summed E-state index contributed by atoms with van der Waals surface area (Å²) in [6.07, 6.45) is 0.803. The quantitative estimate of drug-likeness (QED) is 0.372. The van der Waals surface area contributed by atoms with Gasteiger partial charge >= 0.3 is 0 Å². The molecule has 0 radical (unpaired) electrons. The standard InChI is InChI=1S/C27H29N3O6/c1-4-15-28-27(33)21-7-5-6-8-22(21)30-26(32)18-9-14-23(24(16-18)35-3)36-17-25(31)29-19-10-12-20(34-2)13-11-19/h5-14,16H,4,15,17H2,1-3H3,(H,28,33)(H,29,31)(H,30,32). The highest BCUT2D eigenvalue weighted by Crippen LogP contribution is 2.29. The van der Waals surface area contributed by atoms with Crippen LogP contribution in [0.3, 0.4) is 0 Å². The van der Waals surface area contributed by atoms with Crippen LogP contribution >= 0.6 is 0 Å². The Kier molecular flexibility index (Phi) is 9.27. The summed E-state index contributed by atoms with van der Waals surface area (Å²) in [5.74, 6) is 0.227. The minimum Gasteiger partial charge on any atom is -0.497 e. The van der Waals surface area contributed by atoms with Crippen molar-refractivity contribution in [1.82, 2.24) is 5.32 Å². The van der Waals surface area contributed by atoms with Gasteiger partial charge in [-0.3, -0.25) is 14.4 Å². The number of nitrogens with one attached hydrogen (secondary N) is 3. The molecule has 0 heterocycles. The molecule has 3 N–H and O–H groups in total. The predicted molar refractivity (Wildman–Crippen MR) is 137 cm³/mol. The van der Waals surface area contributed by atoms with Gasteiger partial charge in [0, 0.05) is 17.8 Å². The lowest BCUT2D eigenvalue weighted by molar-refractivity contribution is -0.118. The molecular weight excluding hydrogens is 462 g/mol. The second-order valence-electron chi connectivity index (χ2n) is 7.69. The predicted octanol–water partition coefficient (Wildman–Crippen LogP) is 4.11. The molecule has 0 aliphatic carbocycles. The number of hydrogen-bond acceptors (Lipinski definition) is 6. The highest BCUT2D eigenvalue weighted by Gasteiger charge is 2.16. The van der Waals surface area contributed by atoms with Crippen molar-refractivity contribution in [2.24, 2.45) is 0 Å². The Bertz CT molecular complexity index is 1210. The van der Waals surface area contributed by atoms with Gasteiger partial charge in [-0.15, -0.1) is 0 Å². The van der Waals surface area contributed by atoms with Gasteiger partial charge in [-0.05, 0) is 61.0 Å². The number of hydrogen-bond donors (Lipinski definition) is 3. The van der Waals surface area contributed by atoms with Crippen LogP contribution < -0.4 is 30.2 Å². The van der Waals surface area contributed by atoms with Crippen LogP contribution in [0.1, 0.15) is 34.1 Å². The first-order chi connectivity index (χ1) is 17.4. The van der Waals surface area contributed by atoms with Crippen molar-refractivity contribution in [2.45, 2.75) is 13.3 Å². The van der Waals surface area contributed by atoms with E-state index in [0.717, 1.165) is 6.42 Å². The number of ether oxygens (including phenoxy) is 3. The molecule has 0 bridgehead atoms. The summed E-state index contributed by atoms with van der Waals surface area (Å²) in [6.45, 7) is 2.24. The van der Waals surface area contributed by atoms with Crippen molar-refractivity contribution >= 4 is 29.1 Å². The van der Waals surface area contributed by atoms with Crippen LogP contribution in [-0.4, -0.2) is 45.1 Å². The molecule has 0 aliphatic heterocycles. The summed E-state index contributed by atoms with van der Waals surface area (Å²) in [4.78, 5) is 37.6. The normalized spacial score (nSPS) is 10.2. The maximum Gasteiger partial charge on any atom is 0.262 e. The number of carbonyl (C=O) groups is 3. The molecule has 3 aromatic carbocycles. The fourth-order valence-corrected chi connectivity index (χ4v) is 3.26. The summed E-state index contributed by atoms with van der Waals surface area (Å²) >= 11 is 0. The van der Waals surface area contributed by atoms with Gasteiger partial charge in [-0.25, -0.2) is 0 Å². The molecule has 0 spiro atoms. The molecule has 3 amide bonds. The van der Waals surface area contributed by atoms with Crippen LogP contribution in [0.15, 0.2) is 66.7 Å². The van der Waals surface area contributed by atoms with Crippen molar-refractivity contribution in [3.05, 3.63) is 77.9 Å². The molecule has 3 aromatic rings. The smallest absolute Gasteiger partial charge is 0.262 e. The van der Waals surface area contributed by atoms with E-state index in [2.05, 4.69) is 16.0 Å². The average molecular weight is 492 g/mol. The SMILES string of the molecule is CCCNC(=O)c1ccccc1NC(=O)c1ccc(OCC(=O)Nc2ccc(OC)cc2)c(OC)c1. The zero-order valence-corrected chi connectivity index (χ0v) is 20.4. The Labute approximate surface area is 209 Å². The number of amides is 3. The van der Waals surface area contributed by atoms with Gasteiger partial charge in [-0.1, -0.05) is 19.1 Å². The molecule has 0 fully saturated rings. The van der Waals surface area contributed by atoms with E-state index >= 15 is 0 Å². The molecular formula is C27H29N3O6. The van der Waals surface area contributed by atoms with Gasteiger partial charge < -0.3 is 30.2 Å². The van der Waals surface area contributed by atoms with Crippen LogP contribution in [0.4, 0.5) is 11.4 Å². The lowest BCUT2D eigenvalue weighted by Crippen LogP contribution is -2.25. The zero-order valence-electron chi connectivity index (χ0n) is 20.4. The number of rotatable bonds is 11. The summed E-state index contributed by atoms with van der Waals surface area (Å²) in [7, 11) is 3.00. The lowest BCUT2D eigenvalue weighted by Gasteiger charge is -2.14. The van der Waals surface area contributed by atoms with E-state index in [0.29, 0.717) is 40.5 Å². The van der Waals surface area contributed by atoms with E-state index in [-0.39, 0.29) is 24.2 Å². The first-order valence-corrected chi connectivity index (χ1v) is 11.4. The van der Waals surface area contributed by atoms with Crippen molar-refractivity contribution in [2.75, 3.05) is 38.0 Å². The first-order valence-electron chi connectivity index (χ1n) is 11.4. The molecule has 0 unspecified atom stereocenters. The van der Waals surface area contributed by atoms with Crippen LogP contribution in [-0.2, 0) is 4.79 Å². The molecule has 0 aliphatic rings. The Morgan fingerprint density at radius 3 is 2.25 bits per heavy atom. The van der Waals surface area contributed by atoms with Crippen LogP contribution in [0.2, 0.25) is 0 Å². The van der Waals surface area contributed by atoms with E-state index < -0.39 is 5.91 Å². The van der Waals surface area contributed by atoms with Gasteiger partial charge in [0.25, 0.3) is 17.7 Å². The van der Waals surface area contributed by atoms with Crippen LogP contribution in [0.5, 0.6) is 17.2 Å². The summed E-state index contributed by atoms with van der Waals surface area (Å²) in [5, 5.41) is 8.31. The number of para-hydroxylation sites is 1. The van der Waals surface area contributed by atoms with E-state index in [4.69, 9.17) is 14.2 Å². The highest BCUT2D eigenvalue weighted by molar-refractivity contribution is 6.09. The molecule has 0 saturated heterocycles. The van der Waals surface area contributed by atoms with E-state index in [9.17, 15) is 14.4 Å². The average Bonchev–Trinajstić information content (AvgIpc) is 2.91. The van der Waals surface area contributed by atoms with Gasteiger partial charge in [0.1, 0.15) is 5.75 Å². The highest BCUT2D eigenvalue weighted by atomic mass is 16.5. The van der Waals surface area contributed by atoms with Gasteiger partial charge in [0.15, 0.2) is 18.1 Å². The first kappa shape index (κ1) is 26.1. The second-order valence-corrected chi connectivity index (χ2v) is 7.69. The van der Waals surface area contributed by atoms with E-state index in [1.807, 2.05) is 6.92 Å². The summed E-state index contributed by atoms with van der Waals surface area (Å²) < 4.78 is 16.1. The Hall–Kier alpha value is -4.53. The number of benzene rings is 3. The maximum absolute atomic E-state index is 12.9. The van der Waals surface area contributed by atoms with E-state index in [1.54, 1.807) is 67.8 Å². The molecule has 3 rings (SSSR count).